The first-order valence-corrected chi connectivity index (χ1v) is 7.53. The number of carbonyl (C=O) groups is 1. The van der Waals surface area contributed by atoms with Crippen LogP contribution in [0.4, 0.5) is 4.39 Å². The zero-order valence-corrected chi connectivity index (χ0v) is 12.9. The smallest absolute Gasteiger partial charge is 0.347 e. The summed E-state index contributed by atoms with van der Waals surface area (Å²) in [6.45, 7) is 1.65. The van der Waals surface area contributed by atoms with Crippen molar-refractivity contribution in [3.63, 3.8) is 0 Å². The number of methoxy groups -OCH3 is 1. The van der Waals surface area contributed by atoms with Gasteiger partial charge in [-0.2, -0.15) is 0 Å². The van der Waals surface area contributed by atoms with E-state index in [1.54, 1.807) is 31.2 Å². The molecule has 0 heterocycles. The van der Waals surface area contributed by atoms with Gasteiger partial charge in [-0.3, -0.25) is 0 Å². The number of rotatable bonds is 6. The largest absolute Gasteiger partial charge is 0.467 e. The summed E-state index contributed by atoms with van der Waals surface area (Å²) in [6, 6.07) is 6.76. The molecule has 3 nitrogen and oxygen atoms in total. The van der Waals surface area contributed by atoms with Gasteiger partial charge < -0.3 is 9.84 Å². The lowest BCUT2D eigenvalue weighted by atomic mass is 9.76. The molecule has 0 saturated heterocycles. The molecule has 0 amide bonds. The fourth-order valence-corrected chi connectivity index (χ4v) is 3.01. The molecule has 1 aliphatic carbocycles. The topological polar surface area (TPSA) is 46.5 Å². The van der Waals surface area contributed by atoms with E-state index < -0.39 is 23.7 Å². The van der Waals surface area contributed by atoms with Crippen molar-refractivity contribution in [3.8, 4) is 0 Å². The van der Waals surface area contributed by atoms with Crippen molar-refractivity contribution in [2.45, 2.75) is 43.9 Å². The van der Waals surface area contributed by atoms with E-state index in [1.165, 1.54) is 0 Å². The standard InChI is InChI=1S/C16H20ClFO3/c1-3-13(19)16(18,15(20)21-2)14(10-4-5-10)11-6-8-12(17)9-7-11/h6-10,13-14,19H,3-5H2,1-2H3. The van der Waals surface area contributed by atoms with E-state index >= 15 is 4.39 Å². The maximum atomic E-state index is 15.6. The Kier molecular flexibility index (Phi) is 4.89. The van der Waals surface area contributed by atoms with Crippen LogP contribution in [-0.2, 0) is 9.53 Å². The van der Waals surface area contributed by atoms with Crippen LogP contribution in [0.25, 0.3) is 0 Å². The molecule has 0 radical (unpaired) electrons. The van der Waals surface area contributed by atoms with E-state index in [0.717, 1.165) is 20.0 Å². The number of carbonyl (C=O) groups excluding carboxylic acids is 1. The highest BCUT2D eigenvalue weighted by Crippen LogP contribution is 2.51. The Morgan fingerprint density at radius 3 is 2.48 bits per heavy atom. The van der Waals surface area contributed by atoms with E-state index in [4.69, 9.17) is 11.6 Å². The van der Waals surface area contributed by atoms with Crippen LogP contribution in [0.2, 0.25) is 5.02 Å². The summed E-state index contributed by atoms with van der Waals surface area (Å²) in [5.41, 5.74) is -1.76. The van der Waals surface area contributed by atoms with Gasteiger partial charge in [-0.05, 0) is 42.9 Å². The first-order valence-electron chi connectivity index (χ1n) is 7.16. The van der Waals surface area contributed by atoms with Crippen LogP contribution in [0.3, 0.4) is 0 Å². The van der Waals surface area contributed by atoms with Crippen LogP contribution in [0.15, 0.2) is 24.3 Å². The van der Waals surface area contributed by atoms with Gasteiger partial charge in [0.05, 0.1) is 13.2 Å². The lowest BCUT2D eigenvalue weighted by Crippen LogP contribution is -2.51. The number of halogens is 2. The fourth-order valence-electron chi connectivity index (χ4n) is 2.88. The molecule has 1 aromatic rings. The molecule has 0 spiro atoms. The summed E-state index contributed by atoms with van der Waals surface area (Å²) in [4.78, 5) is 12.1. The molecule has 1 N–H and O–H groups in total. The van der Waals surface area contributed by atoms with Gasteiger partial charge in [0.1, 0.15) is 0 Å². The second kappa shape index (κ2) is 6.32. The number of aliphatic hydroxyl groups is 1. The minimum Gasteiger partial charge on any atom is -0.467 e. The minimum absolute atomic E-state index is 0.0384. The quantitative estimate of drug-likeness (QED) is 0.818. The van der Waals surface area contributed by atoms with E-state index in [-0.39, 0.29) is 12.3 Å². The molecule has 3 unspecified atom stereocenters. The van der Waals surface area contributed by atoms with Gasteiger partial charge in [-0.1, -0.05) is 30.7 Å². The molecule has 3 atom stereocenters. The molecule has 1 saturated carbocycles. The van der Waals surface area contributed by atoms with Crippen molar-refractivity contribution in [2.75, 3.05) is 7.11 Å². The molecular weight excluding hydrogens is 295 g/mol. The van der Waals surface area contributed by atoms with Gasteiger partial charge in [0.25, 0.3) is 0 Å². The number of hydrogen-bond donors (Lipinski definition) is 1. The molecule has 0 aliphatic heterocycles. The normalized spacial score (nSPS) is 20.4. The molecule has 1 fully saturated rings. The summed E-state index contributed by atoms with van der Waals surface area (Å²) < 4.78 is 20.2. The Morgan fingerprint density at radius 1 is 1.48 bits per heavy atom. The minimum atomic E-state index is -2.43. The Balaban J connectivity index is 2.46. The maximum absolute atomic E-state index is 15.6. The first-order chi connectivity index (χ1) is 9.94. The predicted octanol–water partition coefficient (Wildman–Crippen LogP) is 3.49. The van der Waals surface area contributed by atoms with Crippen molar-refractivity contribution in [3.05, 3.63) is 34.9 Å². The van der Waals surface area contributed by atoms with E-state index in [0.29, 0.717) is 10.6 Å². The zero-order valence-electron chi connectivity index (χ0n) is 12.2. The van der Waals surface area contributed by atoms with Crippen LogP contribution in [-0.4, -0.2) is 30.0 Å². The van der Waals surface area contributed by atoms with Crippen molar-refractivity contribution in [2.24, 2.45) is 5.92 Å². The molecule has 1 aliphatic rings. The number of alkyl halides is 1. The maximum Gasteiger partial charge on any atom is 0.347 e. The van der Waals surface area contributed by atoms with Crippen molar-refractivity contribution in [1.29, 1.82) is 0 Å². The van der Waals surface area contributed by atoms with Crippen molar-refractivity contribution in [1.82, 2.24) is 0 Å². The Bertz CT molecular complexity index is 501. The van der Waals surface area contributed by atoms with Gasteiger partial charge in [0.15, 0.2) is 0 Å². The summed E-state index contributed by atoms with van der Waals surface area (Å²) >= 11 is 5.87. The highest BCUT2D eigenvalue weighted by Gasteiger charge is 2.57. The van der Waals surface area contributed by atoms with E-state index in [9.17, 15) is 9.90 Å². The average Bonchev–Trinajstić information content (AvgIpc) is 3.32. The monoisotopic (exact) mass is 314 g/mol. The number of aliphatic hydroxyl groups excluding tert-OH is 1. The Labute approximate surface area is 129 Å². The molecule has 2 rings (SSSR count). The number of benzene rings is 1. The van der Waals surface area contributed by atoms with E-state index in [1.807, 2.05) is 0 Å². The van der Waals surface area contributed by atoms with Crippen LogP contribution >= 0.6 is 11.6 Å². The van der Waals surface area contributed by atoms with Crippen LogP contribution in [0, 0.1) is 5.92 Å². The number of ether oxygens (including phenoxy) is 1. The summed E-state index contributed by atoms with van der Waals surface area (Å²) in [7, 11) is 1.14. The summed E-state index contributed by atoms with van der Waals surface area (Å²) in [5.74, 6) is -1.68. The second-order valence-electron chi connectivity index (χ2n) is 5.55. The third-order valence-corrected chi connectivity index (χ3v) is 4.40. The van der Waals surface area contributed by atoms with Gasteiger partial charge >= 0.3 is 5.97 Å². The summed E-state index contributed by atoms with van der Waals surface area (Å²) in [6.07, 6.45) is 0.424. The van der Waals surface area contributed by atoms with Crippen molar-refractivity contribution >= 4 is 17.6 Å². The van der Waals surface area contributed by atoms with Crippen LogP contribution in [0.5, 0.6) is 0 Å². The van der Waals surface area contributed by atoms with Crippen LogP contribution < -0.4 is 0 Å². The number of esters is 1. The first kappa shape index (κ1) is 16.2. The molecule has 116 valence electrons. The average molecular weight is 315 g/mol. The molecule has 1 aromatic carbocycles. The lowest BCUT2D eigenvalue weighted by molar-refractivity contribution is -0.167. The third kappa shape index (κ3) is 3.06. The molecule has 21 heavy (non-hydrogen) atoms. The summed E-state index contributed by atoms with van der Waals surface area (Å²) in [5, 5.41) is 10.7. The third-order valence-electron chi connectivity index (χ3n) is 4.15. The van der Waals surface area contributed by atoms with Crippen molar-refractivity contribution < 1.29 is 19.0 Å². The SMILES string of the molecule is CCC(O)C(F)(C(=O)OC)C(c1ccc(Cl)cc1)C1CC1. The molecule has 0 bridgehead atoms. The van der Waals surface area contributed by atoms with Gasteiger partial charge in [-0.15, -0.1) is 0 Å². The Morgan fingerprint density at radius 2 is 2.05 bits per heavy atom. The lowest BCUT2D eigenvalue weighted by Gasteiger charge is -2.35. The second-order valence-corrected chi connectivity index (χ2v) is 5.99. The highest BCUT2D eigenvalue weighted by atomic mass is 35.5. The predicted molar refractivity (Wildman–Crippen MR) is 79.1 cm³/mol. The zero-order chi connectivity index (χ0) is 15.6. The van der Waals surface area contributed by atoms with Gasteiger partial charge in [-0.25, -0.2) is 9.18 Å². The van der Waals surface area contributed by atoms with Gasteiger partial charge in [0.2, 0.25) is 5.67 Å². The highest BCUT2D eigenvalue weighted by molar-refractivity contribution is 6.30. The Hall–Kier alpha value is -1.13. The molecule has 0 aromatic heterocycles. The van der Waals surface area contributed by atoms with Crippen LogP contribution in [0.1, 0.15) is 37.7 Å². The number of hydrogen-bond acceptors (Lipinski definition) is 3. The van der Waals surface area contributed by atoms with Gasteiger partial charge in [0, 0.05) is 10.9 Å². The molecule has 5 heteroatoms. The fraction of sp³-hybridized carbons (Fsp3) is 0.562. The molecular formula is C16H20ClFO3. The van der Waals surface area contributed by atoms with E-state index in [2.05, 4.69) is 4.74 Å².